The van der Waals surface area contributed by atoms with Crippen LogP contribution < -0.4 is 5.32 Å². The Kier molecular flexibility index (Phi) is 6.15. The molecule has 1 heterocycles. The molecule has 84 valence electrons. The van der Waals surface area contributed by atoms with Crippen LogP contribution in [-0.2, 0) is 4.74 Å². The molecule has 14 heavy (non-hydrogen) atoms. The van der Waals surface area contributed by atoms with E-state index in [4.69, 9.17) is 9.84 Å². The average molecular weight is 201 g/mol. The third-order valence-corrected chi connectivity index (χ3v) is 2.95. The zero-order chi connectivity index (χ0) is 10.2. The van der Waals surface area contributed by atoms with Crippen molar-refractivity contribution in [3.8, 4) is 0 Å². The van der Waals surface area contributed by atoms with Gasteiger partial charge in [0, 0.05) is 19.8 Å². The topological polar surface area (TPSA) is 41.5 Å². The fourth-order valence-corrected chi connectivity index (χ4v) is 1.87. The normalized spacial score (nSPS) is 27.0. The SMILES string of the molecule is CC1OCCC1CNCCCCCO. The fourth-order valence-electron chi connectivity index (χ4n) is 1.87. The monoisotopic (exact) mass is 201 g/mol. The molecule has 0 aromatic carbocycles. The number of hydrogen-bond donors (Lipinski definition) is 2. The maximum Gasteiger partial charge on any atom is 0.0588 e. The van der Waals surface area contributed by atoms with Gasteiger partial charge in [0.05, 0.1) is 6.10 Å². The molecule has 0 bridgehead atoms. The van der Waals surface area contributed by atoms with Crippen molar-refractivity contribution in [2.24, 2.45) is 5.92 Å². The first-order valence-electron chi connectivity index (χ1n) is 5.77. The van der Waals surface area contributed by atoms with Crippen molar-refractivity contribution in [2.75, 3.05) is 26.3 Å². The number of aliphatic hydroxyl groups excluding tert-OH is 1. The summed E-state index contributed by atoms with van der Waals surface area (Å²) < 4.78 is 5.49. The third kappa shape index (κ3) is 4.40. The molecule has 0 amide bonds. The Morgan fingerprint density at radius 3 is 2.86 bits per heavy atom. The van der Waals surface area contributed by atoms with Gasteiger partial charge in [0.25, 0.3) is 0 Å². The summed E-state index contributed by atoms with van der Waals surface area (Å²) in [7, 11) is 0. The molecule has 0 saturated carbocycles. The smallest absolute Gasteiger partial charge is 0.0588 e. The minimum Gasteiger partial charge on any atom is -0.396 e. The molecule has 0 spiro atoms. The van der Waals surface area contributed by atoms with E-state index in [1.165, 1.54) is 12.8 Å². The highest BCUT2D eigenvalue weighted by Crippen LogP contribution is 2.19. The number of nitrogens with one attached hydrogen (secondary N) is 1. The van der Waals surface area contributed by atoms with Gasteiger partial charge >= 0.3 is 0 Å². The van der Waals surface area contributed by atoms with E-state index in [2.05, 4.69) is 12.2 Å². The third-order valence-electron chi connectivity index (χ3n) is 2.95. The molecule has 0 aromatic rings. The second-order valence-electron chi connectivity index (χ2n) is 4.11. The molecule has 3 heteroatoms. The van der Waals surface area contributed by atoms with Gasteiger partial charge in [-0.05, 0) is 45.1 Å². The summed E-state index contributed by atoms with van der Waals surface area (Å²) in [5, 5.41) is 12.0. The molecule has 0 aromatic heterocycles. The molecule has 2 atom stereocenters. The van der Waals surface area contributed by atoms with Crippen LogP contribution in [-0.4, -0.2) is 37.5 Å². The Labute approximate surface area is 86.8 Å². The van der Waals surface area contributed by atoms with E-state index in [9.17, 15) is 0 Å². The summed E-state index contributed by atoms with van der Waals surface area (Å²) in [4.78, 5) is 0. The van der Waals surface area contributed by atoms with Crippen LogP contribution in [0.3, 0.4) is 0 Å². The lowest BCUT2D eigenvalue weighted by Gasteiger charge is -2.14. The Hall–Kier alpha value is -0.120. The van der Waals surface area contributed by atoms with Crippen LogP contribution in [0.15, 0.2) is 0 Å². The van der Waals surface area contributed by atoms with Crippen LogP contribution in [0.1, 0.15) is 32.6 Å². The minimum atomic E-state index is 0.327. The van der Waals surface area contributed by atoms with E-state index in [1.54, 1.807) is 0 Å². The average Bonchev–Trinajstić information content (AvgIpc) is 2.58. The van der Waals surface area contributed by atoms with Gasteiger partial charge in [-0.2, -0.15) is 0 Å². The number of unbranched alkanes of at least 4 members (excludes halogenated alkanes) is 2. The second kappa shape index (κ2) is 7.21. The lowest BCUT2D eigenvalue weighted by Crippen LogP contribution is -2.27. The largest absolute Gasteiger partial charge is 0.396 e. The lowest BCUT2D eigenvalue weighted by molar-refractivity contribution is 0.105. The molecule has 1 saturated heterocycles. The molecule has 1 aliphatic rings. The molecule has 1 rings (SSSR count). The fraction of sp³-hybridized carbons (Fsp3) is 1.00. The van der Waals surface area contributed by atoms with E-state index in [0.717, 1.165) is 32.5 Å². The summed E-state index contributed by atoms with van der Waals surface area (Å²) in [6.45, 7) is 5.57. The number of hydrogen-bond acceptors (Lipinski definition) is 3. The van der Waals surface area contributed by atoms with E-state index in [0.29, 0.717) is 18.6 Å². The van der Waals surface area contributed by atoms with Crippen molar-refractivity contribution in [3.63, 3.8) is 0 Å². The quantitative estimate of drug-likeness (QED) is 0.607. The summed E-state index contributed by atoms with van der Waals surface area (Å²) in [6, 6.07) is 0. The highest BCUT2D eigenvalue weighted by molar-refractivity contribution is 4.74. The van der Waals surface area contributed by atoms with Crippen LogP contribution in [0, 0.1) is 5.92 Å². The van der Waals surface area contributed by atoms with Gasteiger partial charge in [0.1, 0.15) is 0 Å². The standard InChI is InChI=1S/C11H23NO2/c1-10-11(5-8-14-10)9-12-6-3-2-4-7-13/h10-13H,2-9H2,1H3. The van der Waals surface area contributed by atoms with Gasteiger partial charge in [-0.3, -0.25) is 0 Å². The zero-order valence-corrected chi connectivity index (χ0v) is 9.17. The first kappa shape index (κ1) is 12.0. The van der Waals surface area contributed by atoms with E-state index >= 15 is 0 Å². The van der Waals surface area contributed by atoms with Gasteiger partial charge in [-0.1, -0.05) is 0 Å². The molecule has 3 nitrogen and oxygen atoms in total. The molecule has 1 fully saturated rings. The Bertz CT molecular complexity index is 141. The van der Waals surface area contributed by atoms with Crippen LogP contribution in [0.25, 0.3) is 0 Å². The maximum atomic E-state index is 8.59. The Morgan fingerprint density at radius 1 is 1.36 bits per heavy atom. The van der Waals surface area contributed by atoms with Crippen LogP contribution >= 0.6 is 0 Å². The summed E-state index contributed by atoms with van der Waals surface area (Å²) in [6.07, 6.45) is 4.86. The van der Waals surface area contributed by atoms with Crippen molar-refractivity contribution in [1.29, 1.82) is 0 Å². The molecular weight excluding hydrogens is 178 g/mol. The number of aliphatic hydroxyl groups is 1. The molecule has 2 unspecified atom stereocenters. The molecule has 1 aliphatic heterocycles. The molecule has 0 aliphatic carbocycles. The lowest BCUT2D eigenvalue weighted by atomic mass is 10.0. The van der Waals surface area contributed by atoms with Crippen LogP contribution in [0.4, 0.5) is 0 Å². The van der Waals surface area contributed by atoms with E-state index in [-0.39, 0.29) is 0 Å². The summed E-state index contributed by atoms with van der Waals surface area (Å²) in [5.41, 5.74) is 0. The second-order valence-corrected chi connectivity index (χ2v) is 4.11. The number of rotatable bonds is 7. The van der Waals surface area contributed by atoms with Crippen LogP contribution in [0.2, 0.25) is 0 Å². The summed E-state index contributed by atoms with van der Waals surface area (Å²) >= 11 is 0. The van der Waals surface area contributed by atoms with Gasteiger partial charge in [0.2, 0.25) is 0 Å². The van der Waals surface area contributed by atoms with Gasteiger partial charge < -0.3 is 15.2 Å². The van der Waals surface area contributed by atoms with Crippen molar-refractivity contribution in [3.05, 3.63) is 0 Å². The van der Waals surface area contributed by atoms with Crippen molar-refractivity contribution >= 4 is 0 Å². The Morgan fingerprint density at radius 2 is 2.21 bits per heavy atom. The zero-order valence-electron chi connectivity index (χ0n) is 9.17. The summed E-state index contributed by atoms with van der Waals surface area (Å²) in [5.74, 6) is 0.702. The first-order valence-corrected chi connectivity index (χ1v) is 5.77. The van der Waals surface area contributed by atoms with Gasteiger partial charge in [-0.25, -0.2) is 0 Å². The van der Waals surface area contributed by atoms with E-state index in [1.807, 2.05) is 0 Å². The highest BCUT2D eigenvalue weighted by atomic mass is 16.5. The van der Waals surface area contributed by atoms with Crippen LogP contribution in [0.5, 0.6) is 0 Å². The van der Waals surface area contributed by atoms with Crippen molar-refractivity contribution in [2.45, 2.75) is 38.7 Å². The predicted octanol–water partition coefficient (Wildman–Crippen LogP) is 1.16. The van der Waals surface area contributed by atoms with Crippen molar-refractivity contribution < 1.29 is 9.84 Å². The predicted molar refractivity (Wildman–Crippen MR) is 57.3 cm³/mol. The van der Waals surface area contributed by atoms with Gasteiger partial charge in [-0.15, -0.1) is 0 Å². The molecule has 2 N–H and O–H groups in total. The van der Waals surface area contributed by atoms with E-state index < -0.39 is 0 Å². The first-order chi connectivity index (χ1) is 6.84. The molecular formula is C11H23NO2. The minimum absolute atomic E-state index is 0.327. The highest BCUT2D eigenvalue weighted by Gasteiger charge is 2.23. The van der Waals surface area contributed by atoms with Gasteiger partial charge in [0.15, 0.2) is 0 Å². The van der Waals surface area contributed by atoms with Crippen molar-refractivity contribution in [1.82, 2.24) is 5.32 Å². The molecule has 0 radical (unpaired) electrons. The maximum absolute atomic E-state index is 8.59. The Balaban J connectivity index is 1.88. The number of ether oxygens (including phenoxy) is 1.